The first-order chi connectivity index (χ1) is 6.13. The second kappa shape index (κ2) is 4.96. The van der Waals surface area contributed by atoms with Crippen LogP contribution in [0.4, 0.5) is 0 Å². The molecule has 1 saturated heterocycles. The summed E-state index contributed by atoms with van der Waals surface area (Å²) in [6.07, 6.45) is 2.54. The van der Waals surface area contributed by atoms with Gasteiger partial charge in [0, 0.05) is 30.4 Å². The number of rotatable bonds is 4. The smallest absolute Gasteiger partial charge is 0.223 e. The van der Waals surface area contributed by atoms with Gasteiger partial charge in [-0.3, -0.25) is 4.79 Å². The van der Waals surface area contributed by atoms with Crippen molar-refractivity contribution in [2.24, 2.45) is 5.73 Å². The molecule has 1 aliphatic heterocycles. The molecule has 0 aromatic carbocycles. The Morgan fingerprint density at radius 1 is 1.77 bits per heavy atom. The lowest BCUT2D eigenvalue weighted by molar-refractivity contribution is -0.127. The Labute approximate surface area is 87.8 Å². The lowest BCUT2D eigenvalue weighted by atomic mass is 10.1. The summed E-state index contributed by atoms with van der Waals surface area (Å²) >= 11 is 3.45. The minimum absolute atomic E-state index is 0.238. The molecular weight excluding hydrogens is 232 g/mol. The van der Waals surface area contributed by atoms with Crippen molar-refractivity contribution in [2.45, 2.75) is 37.1 Å². The molecule has 1 fully saturated rings. The van der Waals surface area contributed by atoms with Crippen LogP contribution in [-0.2, 0) is 4.79 Å². The van der Waals surface area contributed by atoms with Gasteiger partial charge in [0.15, 0.2) is 0 Å². The van der Waals surface area contributed by atoms with E-state index in [4.69, 9.17) is 5.73 Å². The quantitative estimate of drug-likeness (QED) is 0.758. The molecule has 0 spiro atoms. The Morgan fingerprint density at radius 3 is 2.92 bits per heavy atom. The Bertz CT molecular complexity index is 186. The van der Waals surface area contributed by atoms with Gasteiger partial charge in [-0.25, -0.2) is 0 Å². The summed E-state index contributed by atoms with van der Waals surface area (Å²) in [4.78, 5) is 13.6. The number of hydrogen-bond donors (Lipinski definition) is 1. The van der Waals surface area contributed by atoms with Crippen LogP contribution in [-0.4, -0.2) is 34.8 Å². The van der Waals surface area contributed by atoms with Crippen LogP contribution >= 0.6 is 15.9 Å². The molecule has 3 nitrogen and oxygen atoms in total. The summed E-state index contributed by atoms with van der Waals surface area (Å²) in [7, 11) is 0. The maximum atomic E-state index is 11.3. The maximum Gasteiger partial charge on any atom is 0.223 e. The lowest BCUT2D eigenvalue weighted by Gasteiger charge is -2.17. The normalized spacial score (nSPS) is 25.3. The van der Waals surface area contributed by atoms with Crippen molar-refractivity contribution in [2.75, 3.05) is 13.1 Å². The minimum Gasteiger partial charge on any atom is -0.341 e. The van der Waals surface area contributed by atoms with Gasteiger partial charge in [-0.05, 0) is 12.8 Å². The van der Waals surface area contributed by atoms with E-state index in [0.717, 1.165) is 25.9 Å². The first-order valence-corrected chi connectivity index (χ1v) is 5.72. The summed E-state index contributed by atoms with van der Waals surface area (Å²) in [6, 6.07) is 0.238. The molecule has 0 saturated carbocycles. The molecule has 2 unspecified atom stereocenters. The monoisotopic (exact) mass is 248 g/mol. The van der Waals surface area contributed by atoms with Gasteiger partial charge in [0.2, 0.25) is 5.91 Å². The largest absolute Gasteiger partial charge is 0.341 e. The highest BCUT2D eigenvalue weighted by Crippen LogP contribution is 2.18. The van der Waals surface area contributed by atoms with Crippen molar-refractivity contribution < 1.29 is 4.79 Å². The Kier molecular flexibility index (Phi) is 4.19. The zero-order chi connectivity index (χ0) is 9.84. The van der Waals surface area contributed by atoms with Crippen molar-refractivity contribution in [3.05, 3.63) is 0 Å². The number of alkyl halides is 1. The van der Waals surface area contributed by atoms with Crippen LogP contribution in [0.2, 0.25) is 0 Å². The number of halogens is 1. The summed E-state index contributed by atoms with van der Waals surface area (Å²) in [6.45, 7) is 3.73. The van der Waals surface area contributed by atoms with E-state index < -0.39 is 0 Å². The van der Waals surface area contributed by atoms with Gasteiger partial charge in [-0.15, -0.1) is 0 Å². The average molecular weight is 249 g/mol. The molecule has 0 aliphatic carbocycles. The third-order valence-corrected chi connectivity index (χ3v) is 3.07. The fourth-order valence-electron chi connectivity index (χ4n) is 1.47. The van der Waals surface area contributed by atoms with Gasteiger partial charge < -0.3 is 10.6 Å². The molecule has 76 valence electrons. The predicted molar refractivity (Wildman–Crippen MR) is 56.8 cm³/mol. The van der Waals surface area contributed by atoms with Crippen molar-refractivity contribution in [3.63, 3.8) is 0 Å². The van der Waals surface area contributed by atoms with E-state index in [1.807, 2.05) is 4.90 Å². The second-order valence-corrected chi connectivity index (χ2v) is 4.89. The standard InChI is InChI=1S/C9H17BrN2O/c1-2-8(11)3-4-12-6-7(10)5-9(12)13/h7-8H,2-6,11H2,1H3. The molecule has 1 amide bonds. The number of hydrogen-bond acceptors (Lipinski definition) is 2. The molecule has 0 radical (unpaired) electrons. The van der Waals surface area contributed by atoms with Crippen LogP contribution in [0, 0.1) is 0 Å². The van der Waals surface area contributed by atoms with Gasteiger partial charge in [0.25, 0.3) is 0 Å². The molecule has 13 heavy (non-hydrogen) atoms. The molecular formula is C9H17BrN2O. The lowest BCUT2D eigenvalue weighted by Crippen LogP contribution is -2.31. The molecule has 1 heterocycles. The third kappa shape index (κ3) is 3.27. The van der Waals surface area contributed by atoms with Crippen LogP contribution in [0.1, 0.15) is 26.2 Å². The van der Waals surface area contributed by atoms with Gasteiger partial charge in [0.1, 0.15) is 0 Å². The van der Waals surface area contributed by atoms with Gasteiger partial charge >= 0.3 is 0 Å². The van der Waals surface area contributed by atoms with E-state index in [1.165, 1.54) is 0 Å². The van der Waals surface area contributed by atoms with E-state index in [9.17, 15) is 4.79 Å². The van der Waals surface area contributed by atoms with Gasteiger partial charge in [0.05, 0.1) is 0 Å². The van der Waals surface area contributed by atoms with E-state index in [-0.39, 0.29) is 11.9 Å². The number of amides is 1. The highest BCUT2D eigenvalue weighted by atomic mass is 79.9. The van der Waals surface area contributed by atoms with Crippen molar-refractivity contribution in [1.82, 2.24) is 4.90 Å². The summed E-state index contributed by atoms with van der Waals surface area (Å²) in [5.41, 5.74) is 5.78. The zero-order valence-electron chi connectivity index (χ0n) is 8.00. The summed E-state index contributed by atoms with van der Waals surface area (Å²) in [5.74, 6) is 0.255. The van der Waals surface area contributed by atoms with Gasteiger partial charge in [-0.1, -0.05) is 22.9 Å². The van der Waals surface area contributed by atoms with Crippen LogP contribution in [0.5, 0.6) is 0 Å². The second-order valence-electron chi connectivity index (χ2n) is 3.60. The predicted octanol–water partition coefficient (Wildman–Crippen LogP) is 1.11. The van der Waals surface area contributed by atoms with Crippen LogP contribution in [0.15, 0.2) is 0 Å². The van der Waals surface area contributed by atoms with Crippen LogP contribution < -0.4 is 5.73 Å². The molecule has 4 heteroatoms. The molecule has 2 N–H and O–H groups in total. The molecule has 0 aromatic rings. The van der Waals surface area contributed by atoms with E-state index >= 15 is 0 Å². The number of carbonyl (C=O) groups excluding carboxylic acids is 1. The van der Waals surface area contributed by atoms with Crippen molar-refractivity contribution in [1.29, 1.82) is 0 Å². The van der Waals surface area contributed by atoms with Crippen LogP contribution in [0.25, 0.3) is 0 Å². The zero-order valence-corrected chi connectivity index (χ0v) is 9.59. The summed E-state index contributed by atoms with van der Waals surface area (Å²) < 4.78 is 0. The number of nitrogens with zero attached hydrogens (tertiary/aromatic N) is 1. The topological polar surface area (TPSA) is 46.3 Å². The molecule has 2 atom stereocenters. The Morgan fingerprint density at radius 2 is 2.46 bits per heavy atom. The van der Waals surface area contributed by atoms with E-state index in [0.29, 0.717) is 11.2 Å². The molecule has 1 aliphatic rings. The van der Waals surface area contributed by atoms with Crippen LogP contribution in [0.3, 0.4) is 0 Å². The Hall–Kier alpha value is -0.0900. The highest BCUT2D eigenvalue weighted by Gasteiger charge is 2.27. The molecule has 1 rings (SSSR count). The van der Waals surface area contributed by atoms with Crippen molar-refractivity contribution >= 4 is 21.8 Å². The number of carbonyl (C=O) groups is 1. The molecule has 0 bridgehead atoms. The minimum atomic E-state index is 0.238. The maximum absolute atomic E-state index is 11.3. The number of nitrogens with two attached hydrogens (primary N) is 1. The fourth-order valence-corrected chi connectivity index (χ4v) is 2.09. The Balaban J connectivity index is 2.25. The third-order valence-electron chi connectivity index (χ3n) is 2.46. The summed E-state index contributed by atoms with van der Waals surface area (Å²) in [5, 5.41) is 0. The fraction of sp³-hybridized carbons (Fsp3) is 0.889. The number of likely N-dealkylation sites (tertiary alicyclic amines) is 1. The van der Waals surface area contributed by atoms with Gasteiger partial charge in [-0.2, -0.15) is 0 Å². The average Bonchev–Trinajstić information content (AvgIpc) is 2.41. The molecule has 0 aromatic heterocycles. The first kappa shape index (κ1) is 11.0. The first-order valence-electron chi connectivity index (χ1n) is 4.81. The highest BCUT2D eigenvalue weighted by molar-refractivity contribution is 9.09. The SMILES string of the molecule is CCC(N)CCN1CC(Br)CC1=O. The van der Waals surface area contributed by atoms with Crippen molar-refractivity contribution in [3.8, 4) is 0 Å². The van der Waals surface area contributed by atoms with E-state index in [1.54, 1.807) is 0 Å². The van der Waals surface area contributed by atoms with E-state index in [2.05, 4.69) is 22.9 Å².